The second-order valence-corrected chi connectivity index (χ2v) is 6.43. The van der Waals surface area contributed by atoms with Crippen LogP contribution in [-0.4, -0.2) is 36.1 Å². The quantitative estimate of drug-likeness (QED) is 0.780. The third-order valence-electron chi connectivity index (χ3n) is 5.38. The highest BCUT2D eigenvalue weighted by atomic mass is 16.7. The smallest absolute Gasteiger partial charge is 0.336 e. The second-order valence-electron chi connectivity index (χ2n) is 6.43. The molecule has 1 unspecified atom stereocenters. The van der Waals surface area contributed by atoms with E-state index in [2.05, 4.69) is 0 Å². The Labute approximate surface area is 133 Å². The van der Waals surface area contributed by atoms with Crippen molar-refractivity contribution in [3.63, 3.8) is 0 Å². The molecular formula is C17H17NO5. The largest absolute Gasteiger partial charge is 0.381 e. The molecule has 1 saturated carbocycles. The zero-order valence-electron chi connectivity index (χ0n) is 12.6. The summed E-state index contributed by atoms with van der Waals surface area (Å²) in [6.45, 7) is 1.30. The molecule has 1 saturated heterocycles. The summed E-state index contributed by atoms with van der Waals surface area (Å²) in [5.41, 5.74) is 0.480. The Kier molecular flexibility index (Phi) is 3.23. The first-order valence-corrected chi connectivity index (χ1v) is 7.90. The summed E-state index contributed by atoms with van der Waals surface area (Å²) in [5.74, 6) is -1.87. The molecule has 2 aliphatic heterocycles. The maximum absolute atomic E-state index is 12.5. The average molecular weight is 315 g/mol. The molecule has 2 amide bonds. The molecule has 0 aromatic heterocycles. The molecule has 1 atom stereocenters. The van der Waals surface area contributed by atoms with Crippen LogP contribution in [0.25, 0.3) is 0 Å². The van der Waals surface area contributed by atoms with Crippen LogP contribution in [0.2, 0.25) is 0 Å². The van der Waals surface area contributed by atoms with Crippen molar-refractivity contribution in [1.82, 2.24) is 5.06 Å². The van der Waals surface area contributed by atoms with Crippen LogP contribution in [0.1, 0.15) is 46.4 Å². The van der Waals surface area contributed by atoms with Crippen LogP contribution in [-0.2, 0) is 14.4 Å². The van der Waals surface area contributed by atoms with E-state index in [1.807, 2.05) is 0 Å². The summed E-state index contributed by atoms with van der Waals surface area (Å²) in [7, 11) is 0. The fraction of sp³-hybridized carbons (Fsp3) is 0.471. The first-order valence-electron chi connectivity index (χ1n) is 7.90. The summed E-state index contributed by atoms with van der Waals surface area (Å²) in [4.78, 5) is 42.2. The molecule has 2 fully saturated rings. The lowest BCUT2D eigenvalue weighted by Gasteiger charge is -2.50. The number of hydroxylamine groups is 2. The van der Waals surface area contributed by atoms with Crippen LogP contribution in [0.15, 0.2) is 24.3 Å². The van der Waals surface area contributed by atoms with Crippen molar-refractivity contribution in [1.29, 1.82) is 0 Å². The van der Waals surface area contributed by atoms with Crippen LogP contribution in [0.4, 0.5) is 0 Å². The van der Waals surface area contributed by atoms with E-state index < -0.39 is 17.8 Å². The zero-order chi connectivity index (χ0) is 16.0. The van der Waals surface area contributed by atoms with E-state index in [1.165, 1.54) is 0 Å². The van der Waals surface area contributed by atoms with Gasteiger partial charge in [-0.2, -0.15) is 0 Å². The van der Waals surface area contributed by atoms with Gasteiger partial charge in [-0.1, -0.05) is 17.2 Å². The predicted octanol–water partition coefficient (Wildman–Crippen LogP) is 1.95. The Morgan fingerprint density at radius 1 is 1.09 bits per heavy atom. The lowest BCUT2D eigenvalue weighted by atomic mass is 9.56. The normalized spacial score (nSPS) is 25.2. The van der Waals surface area contributed by atoms with Gasteiger partial charge in [0, 0.05) is 13.2 Å². The van der Waals surface area contributed by atoms with Crippen LogP contribution < -0.4 is 0 Å². The molecule has 0 N–H and O–H groups in total. The Bertz CT molecular complexity index is 657. The van der Waals surface area contributed by atoms with Crippen molar-refractivity contribution in [3.8, 4) is 0 Å². The summed E-state index contributed by atoms with van der Waals surface area (Å²) >= 11 is 0. The minimum absolute atomic E-state index is 0.0754. The Balaban J connectivity index is 1.50. The van der Waals surface area contributed by atoms with Crippen LogP contribution in [0.3, 0.4) is 0 Å². The molecule has 4 rings (SSSR count). The molecular weight excluding hydrogens is 298 g/mol. The predicted molar refractivity (Wildman–Crippen MR) is 78.2 cm³/mol. The fourth-order valence-corrected chi connectivity index (χ4v) is 3.84. The molecule has 1 aromatic rings. The topological polar surface area (TPSA) is 72.9 Å². The first kappa shape index (κ1) is 14.4. The number of carbonyl (C=O) groups excluding carboxylic acids is 3. The lowest BCUT2D eigenvalue weighted by Crippen LogP contribution is -2.50. The molecule has 0 bridgehead atoms. The van der Waals surface area contributed by atoms with E-state index >= 15 is 0 Å². The van der Waals surface area contributed by atoms with E-state index in [4.69, 9.17) is 9.57 Å². The van der Waals surface area contributed by atoms with E-state index in [-0.39, 0.29) is 22.5 Å². The van der Waals surface area contributed by atoms with Gasteiger partial charge in [-0.05, 0) is 43.2 Å². The second kappa shape index (κ2) is 5.16. The van der Waals surface area contributed by atoms with Crippen molar-refractivity contribution in [2.24, 2.45) is 11.3 Å². The van der Waals surface area contributed by atoms with Gasteiger partial charge >= 0.3 is 5.97 Å². The number of benzene rings is 1. The summed E-state index contributed by atoms with van der Waals surface area (Å²) in [6.07, 6.45) is 3.37. The van der Waals surface area contributed by atoms with E-state index in [0.29, 0.717) is 18.3 Å². The fourth-order valence-electron chi connectivity index (χ4n) is 3.84. The van der Waals surface area contributed by atoms with Gasteiger partial charge < -0.3 is 9.57 Å². The highest BCUT2D eigenvalue weighted by Crippen LogP contribution is 2.54. The monoisotopic (exact) mass is 315 g/mol. The molecule has 120 valence electrons. The van der Waals surface area contributed by atoms with E-state index in [9.17, 15) is 14.4 Å². The number of carbonyl (C=O) groups is 3. The van der Waals surface area contributed by atoms with Gasteiger partial charge in [-0.15, -0.1) is 0 Å². The highest BCUT2D eigenvalue weighted by molar-refractivity contribution is 6.20. The number of rotatable bonds is 2. The van der Waals surface area contributed by atoms with Gasteiger partial charge in [0.15, 0.2) is 0 Å². The molecule has 0 radical (unpaired) electrons. The number of hydrogen-bond donors (Lipinski definition) is 0. The molecule has 6 heteroatoms. The van der Waals surface area contributed by atoms with Gasteiger partial charge in [0.1, 0.15) is 0 Å². The standard InChI is InChI=1S/C17H17NO5/c19-14-11-3-1-2-4-12(11)15(20)18(14)23-16(21)13-5-6-17(13)7-9-22-10-8-17/h1-4,13H,5-10H2. The molecule has 1 aliphatic carbocycles. The Morgan fingerprint density at radius 2 is 1.70 bits per heavy atom. The summed E-state index contributed by atoms with van der Waals surface area (Å²) < 4.78 is 5.37. The van der Waals surface area contributed by atoms with E-state index in [0.717, 1.165) is 25.7 Å². The number of ether oxygens (including phenoxy) is 1. The van der Waals surface area contributed by atoms with E-state index in [1.54, 1.807) is 24.3 Å². The van der Waals surface area contributed by atoms with Crippen molar-refractivity contribution >= 4 is 17.8 Å². The summed E-state index contributed by atoms with van der Waals surface area (Å²) in [6, 6.07) is 6.48. The Morgan fingerprint density at radius 3 is 2.22 bits per heavy atom. The maximum Gasteiger partial charge on any atom is 0.336 e. The van der Waals surface area contributed by atoms with Gasteiger partial charge in [0.2, 0.25) is 0 Å². The molecule has 6 nitrogen and oxygen atoms in total. The van der Waals surface area contributed by atoms with Crippen molar-refractivity contribution in [2.45, 2.75) is 25.7 Å². The zero-order valence-corrected chi connectivity index (χ0v) is 12.6. The van der Waals surface area contributed by atoms with Crippen molar-refractivity contribution < 1.29 is 24.0 Å². The minimum Gasteiger partial charge on any atom is -0.381 e. The number of fused-ring (bicyclic) bond motifs is 1. The summed E-state index contributed by atoms with van der Waals surface area (Å²) in [5, 5.41) is 0.609. The van der Waals surface area contributed by atoms with Gasteiger partial charge in [-0.3, -0.25) is 9.59 Å². The Hall–Kier alpha value is -2.21. The molecule has 23 heavy (non-hydrogen) atoms. The third kappa shape index (κ3) is 2.09. The van der Waals surface area contributed by atoms with Gasteiger partial charge in [0.05, 0.1) is 17.0 Å². The van der Waals surface area contributed by atoms with Gasteiger partial charge in [0.25, 0.3) is 11.8 Å². The third-order valence-corrected chi connectivity index (χ3v) is 5.38. The first-order chi connectivity index (χ1) is 11.1. The van der Waals surface area contributed by atoms with Crippen LogP contribution in [0.5, 0.6) is 0 Å². The minimum atomic E-state index is -0.570. The van der Waals surface area contributed by atoms with Crippen LogP contribution in [0, 0.1) is 11.3 Å². The number of amides is 2. The van der Waals surface area contributed by atoms with Crippen LogP contribution >= 0.6 is 0 Å². The molecule has 2 heterocycles. The van der Waals surface area contributed by atoms with Crippen molar-refractivity contribution in [2.75, 3.05) is 13.2 Å². The molecule has 3 aliphatic rings. The molecule has 1 aromatic carbocycles. The number of imide groups is 1. The molecule has 1 spiro atoms. The number of nitrogens with zero attached hydrogens (tertiary/aromatic N) is 1. The average Bonchev–Trinajstić information content (AvgIpc) is 2.80. The maximum atomic E-state index is 12.5. The SMILES string of the molecule is O=C(ON1C(=O)c2ccccc2C1=O)C1CCC12CCOCC2. The van der Waals surface area contributed by atoms with Gasteiger partial charge in [-0.25, -0.2) is 4.79 Å². The number of hydrogen-bond acceptors (Lipinski definition) is 5. The lowest BCUT2D eigenvalue weighted by molar-refractivity contribution is -0.191. The highest BCUT2D eigenvalue weighted by Gasteiger charge is 2.53. The van der Waals surface area contributed by atoms with Crippen molar-refractivity contribution in [3.05, 3.63) is 35.4 Å².